The zero-order valence-electron chi connectivity index (χ0n) is 8.53. The second-order valence-corrected chi connectivity index (χ2v) is 4.14. The normalized spacial score (nSPS) is 20.0. The van der Waals surface area contributed by atoms with Gasteiger partial charge in [0.05, 0.1) is 17.9 Å². The fourth-order valence-corrected chi connectivity index (χ4v) is 2.16. The van der Waals surface area contributed by atoms with E-state index in [1.165, 1.54) is 0 Å². The molecule has 4 heteroatoms. The fraction of sp³-hybridized carbons (Fsp3) is 0.545. The molecule has 1 aromatic heterocycles. The van der Waals surface area contributed by atoms with Crippen LogP contribution in [0.2, 0.25) is 0 Å². The molecule has 0 aliphatic carbocycles. The standard InChI is InChI=1S/C11H15NO3/c13-10(14)11(2-4-12-5-3-11)7-9-1-6-15-8-9/h1,6,8,12H,2-5,7H2,(H,13,14). The molecule has 1 fully saturated rings. The Morgan fingerprint density at radius 3 is 2.80 bits per heavy atom. The highest BCUT2D eigenvalue weighted by atomic mass is 16.4. The molecule has 0 atom stereocenters. The van der Waals surface area contributed by atoms with Gasteiger partial charge in [-0.25, -0.2) is 0 Å². The molecule has 0 amide bonds. The van der Waals surface area contributed by atoms with E-state index in [-0.39, 0.29) is 0 Å². The predicted molar refractivity (Wildman–Crippen MR) is 54.6 cm³/mol. The van der Waals surface area contributed by atoms with Gasteiger partial charge in [0, 0.05) is 0 Å². The second-order valence-electron chi connectivity index (χ2n) is 4.14. The summed E-state index contributed by atoms with van der Waals surface area (Å²) in [5.41, 5.74) is 0.370. The van der Waals surface area contributed by atoms with Gasteiger partial charge in [-0.05, 0) is 44.0 Å². The summed E-state index contributed by atoms with van der Waals surface area (Å²) in [6.07, 6.45) is 5.17. The largest absolute Gasteiger partial charge is 0.481 e. The van der Waals surface area contributed by atoms with Gasteiger partial charge >= 0.3 is 5.97 Å². The first-order valence-electron chi connectivity index (χ1n) is 5.18. The van der Waals surface area contributed by atoms with Crippen molar-refractivity contribution in [1.82, 2.24) is 5.32 Å². The molecule has 1 aliphatic rings. The SMILES string of the molecule is O=C(O)C1(Cc2ccoc2)CCNCC1. The van der Waals surface area contributed by atoms with Crippen LogP contribution in [0.15, 0.2) is 23.0 Å². The van der Waals surface area contributed by atoms with Gasteiger partial charge in [0.2, 0.25) is 0 Å². The molecule has 0 unspecified atom stereocenters. The van der Waals surface area contributed by atoms with Gasteiger partial charge in [-0.15, -0.1) is 0 Å². The average Bonchev–Trinajstić information content (AvgIpc) is 2.71. The van der Waals surface area contributed by atoms with Gasteiger partial charge in [-0.2, -0.15) is 0 Å². The van der Waals surface area contributed by atoms with Crippen molar-refractivity contribution in [3.05, 3.63) is 24.2 Å². The molecule has 1 aliphatic heterocycles. The molecule has 2 rings (SSSR count). The minimum absolute atomic E-state index is 0.570. The molecular weight excluding hydrogens is 194 g/mol. The second kappa shape index (κ2) is 4.06. The topological polar surface area (TPSA) is 62.5 Å². The lowest BCUT2D eigenvalue weighted by Crippen LogP contribution is -2.43. The minimum Gasteiger partial charge on any atom is -0.481 e. The van der Waals surface area contributed by atoms with Gasteiger partial charge in [0.15, 0.2) is 0 Å². The third-order valence-electron chi connectivity index (χ3n) is 3.14. The summed E-state index contributed by atoms with van der Waals surface area (Å²) < 4.78 is 4.97. The number of carbonyl (C=O) groups is 1. The van der Waals surface area contributed by atoms with Gasteiger partial charge in [-0.3, -0.25) is 4.79 Å². The Labute approximate surface area is 88.3 Å². The molecule has 0 bridgehead atoms. The first kappa shape index (κ1) is 10.2. The number of hydrogen-bond acceptors (Lipinski definition) is 3. The van der Waals surface area contributed by atoms with Crippen molar-refractivity contribution >= 4 is 5.97 Å². The van der Waals surface area contributed by atoms with Crippen molar-refractivity contribution in [3.63, 3.8) is 0 Å². The van der Waals surface area contributed by atoms with E-state index in [4.69, 9.17) is 4.42 Å². The number of furan rings is 1. The van der Waals surface area contributed by atoms with E-state index in [2.05, 4.69) is 5.32 Å². The van der Waals surface area contributed by atoms with Crippen molar-refractivity contribution < 1.29 is 14.3 Å². The number of rotatable bonds is 3. The lowest BCUT2D eigenvalue weighted by Gasteiger charge is -2.33. The maximum Gasteiger partial charge on any atom is 0.310 e. The van der Waals surface area contributed by atoms with Crippen molar-refractivity contribution in [2.24, 2.45) is 5.41 Å². The maximum absolute atomic E-state index is 11.3. The summed E-state index contributed by atoms with van der Waals surface area (Å²) in [5, 5.41) is 12.5. The Bertz CT molecular complexity index is 326. The molecule has 4 nitrogen and oxygen atoms in total. The predicted octanol–water partition coefficient (Wildman–Crippen LogP) is 1.28. The van der Waals surface area contributed by atoms with Gasteiger partial charge in [0.25, 0.3) is 0 Å². The minimum atomic E-state index is -0.690. The quantitative estimate of drug-likeness (QED) is 0.787. The number of carboxylic acids is 1. The third kappa shape index (κ3) is 2.04. The van der Waals surface area contributed by atoms with Gasteiger partial charge in [-0.1, -0.05) is 0 Å². The maximum atomic E-state index is 11.3. The van der Waals surface area contributed by atoms with Crippen LogP contribution in [0.3, 0.4) is 0 Å². The molecule has 1 saturated heterocycles. The molecule has 15 heavy (non-hydrogen) atoms. The van der Waals surface area contributed by atoms with Crippen LogP contribution in [0.5, 0.6) is 0 Å². The van der Waals surface area contributed by atoms with Crippen LogP contribution in [0, 0.1) is 5.41 Å². The lowest BCUT2D eigenvalue weighted by molar-refractivity contribution is -0.150. The van der Waals surface area contributed by atoms with E-state index in [1.54, 1.807) is 12.5 Å². The Morgan fingerprint density at radius 1 is 1.53 bits per heavy atom. The highest BCUT2D eigenvalue weighted by molar-refractivity contribution is 5.75. The van der Waals surface area contributed by atoms with E-state index in [0.717, 1.165) is 18.7 Å². The molecule has 0 aromatic carbocycles. The lowest BCUT2D eigenvalue weighted by atomic mass is 9.75. The molecule has 0 radical (unpaired) electrons. The summed E-state index contributed by atoms with van der Waals surface area (Å²) >= 11 is 0. The first-order chi connectivity index (χ1) is 7.23. The number of carboxylic acid groups (broad SMARTS) is 1. The molecule has 0 spiro atoms. The number of aliphatic carboxylic acids is 1. The van der Waals surface area contributed by atoms with Crippen LogP contribution in [0.25, 0.3) is 0 Å². The van der Waals surface area contributed by atoms with E-state index in [1.807, 2.05) is 6.07 Å². The number of nitrogens with one attached hydrogen (secondary N) is 1. The Morgan fingerprint density at radius 2 is 2.27 bits per heavy atom. The van der Waals surface area contributed by atoms with Crippen LogP contribution in [-0.4, -0.2) is 24.2 Å². The fourth-order valence-electron chi connectivity index (χ4n) is 2.16. The highest BCUT2D eigenvalue weighted by Gasteiger charge is 2.39. The van der Waals surface area contributed by atoms with Crippen LogP contribution in [0.1, 0.15) is 18.4 Å². The van der Waals surface area contributed by atoms with Crippen molar-refractivity contribution in [3.8, 4) is 0 Å². The van der Waals surface area contributed by atoms with Crippen molar-refractivity contribution in [2.45, 2.75) is 19.3 Å². The summed E-state index contributed by atoms with van der Waals surface area (Å²) in [5.74, 6) is -0.690. The molecule has 82 valence electrons. The van der Waals surface area contributed by atoms with E-state index < -0.39 is 11.4 Å². The smallest absolute Gasteiger partial charge is 0.310 e. The van der Waals surface area contributed by atoms with E-state index in [0.29, 0.717) is 19.3 Å². The van der Waals surface area contributed by atoms with Gasteiger partial charge < -0.3 is 14.8 Å². The molecular formula is C11H15NO3. The molecule has 0 saturated carbocycles. The number of piperidine rings is 1. The monoisotopic (exact) mass is 209 g/mol. The molecule has 2 N–H and O–H groups in total. The molecule has 1 aromatic rings. The first-order valence-corrected chi connectivity index (χ1v) is 5.18. The average molecular weight is 209 g/mol. The zero-order valence-corrected chi connectivity index (χ0v) is 8.53. The highest BCUT2D eigenvalue weighted by Crippen LogP contribution is 2.33. The van der Waals surface area contributed by atoms with Gasteiger partial charge in [0.1, 0.15) is 0 Å². The zero-order chi connectivity index (χ0) is 10.7. The van der Waals surface area contributed by atoms with Crippen LogP contribution in [-0.2, 0) is 11.2 Å². The summed E-state index contributed by atoms with van der Waals surface area (Å²) in [7, 11) is 0. The summed E-state index contributed by atoms with van der Waals surface area (Å²) in [6.45, 7) is 1.56. The Balaban J connectivity index is 2.15. The summed E-state index contributed by atoms with van der Waals surface area (Å²) in [4.78, 5) is 11.3. The van der Waals surface area contributed by atoms with E-state index in [9.17, 15) is 9.90 Å². The van der Waals surface area contributed by atoms with E-state index >= 15 is 0 Å². The van der Waals surface area contributed by atoms with Crippen LogP contribution in [0.4, 0.5) is 0 Å². The third-order valence-corrected chi connectivity index (χ3v) is 3.14. The van der Waals surface area contributed by atoms with Crippen LogP contribution < -0.4 is 5.32 Å². The molecule has 2 heterocycles. The van der Waals surface area contributed by atoms with Crippen molar-refractivity contribution in [2.75, 3.05) is 13.1 Å². The van der Waals surface area contributed by atoms with Crippen LogP contribution >= 0.6 is 0 Å². The van der Waals surface area contributed by atoms with Crippen molar-refractivity contribution in [1.29, 1.82) is 0 Å². The Hall–Kier alpha value is -1.29. The Kier molecular flexibility index (Phi) is 2.77. The summed E-state index contributed by atoms with van der Waals surface area (Å²) in [6, 6.07) is 1.84. The number of hydrogen-bond donors (Lipinski definition) is 2.